The average molecular weight is 303 g/mol. The molecule has 1 aromatic rings. The fourth-order valence-electron chi connectivity index (χ4n) is 2.83. The second-order valence-corrected chi connectivity index (χ2v) is 5.91. The van der Waals surface area contributed by atoms with Gasteiger partial charge in [0.05, 0.1) is 5.60 Å². The molecule has 0 aromatic carbocycles. The molecule has 2 fully saturated rings. The highest BCUT2D eigenvalue weighted by Crippen LogP contribution is 2.30. The summed E-state index contributed by atoms with van der Waals surface area (Å²) in [5.74, 6) is 0.0456. The number of hydrogen-bond donors (Lipinski definition) is 2. The summed E-state index contributed by atoms with van der Waals surface area (Å²) >= 11 is 1.55. The minimum Gasteiger partial charge on any atom is -0.373 e. The summed E-state index contributed by atoms with van der Waals surface area (Å²) in [4.78, 5) is 12.0. The maximum Gasteiger partial charge on any atom is 0.252 e. The van der Waals surface area contributed by atoms with Gasteiger partial charge in [-0.25, -0.2) is 0 Å². The number of nitrogens with one attached hydrogen (secondary N) is 2. The summed E-state index contributed by atoms with van der Waals surface area (Å²) in [5, 5.41) is 10.3. The number of rotatable bonds is 2. The molecule has 106 valence electrons. The second-order valence-electron chi connectivity index (χ2n) is 5.13. The number of ether oxygens (including phenoxy) is 1. The number of carbonyl (C=O) groups excluding carboxylic acids is 1. The van der Waals surface area contributed by atoms with E-state index in [1.807, 2.05) is 16.8 Å². The van der Waals surface area contributed by atoms with Gasteiger partial charge in [-0.2, -0.15) is 11.3 Å². The quantitative estimate of drug-likeness (QED) is 0.876. The molecule has 0 saturated carbocycles. The third-order valence-corrected chi connectivity index (χ3v) is 4.50. The summed E-state index contributed by atoms with van der Waals surface area (Å²) in [6.45, 7) is 2.68. The molecule has 0 unspecified atom stereocenters. The van der Waals surface area contributed by atoms with Crippen molar-refractivity contribution in [2.45, 2.75) is 30.9 Å². The van der Waals surface area contributed by atoms with E-state index in [1.165, 1.54) is 0 Å². The van der Waals surface area contributed by atoms with Crippen LogP contribution in [0.2, 0.25) is 0 Å². The molecule has 0 bridgehead atoms. The Hall–Kier alpha value is -0.620. The highest BCUT2D eigenvalue weighted by atomic mass is 35.5. The molecule has 2 atom stereocenters. The number of carbonyl (C=O) groups is 1. The molecule has 4 nitrogen and oxygen atoms in total. The van der Waals surface area contributed by atoms with Gasteiger partial charge in [0, 0.05) is 30.1 Å². The van der Waals surface area contributed by atoms with E-state index in [1.54, 1.807) is 11.3 Å². The van der Waals surface area contributed by atoms with Crippen LogP contribution in [-0.4, -0.2) is 37.2 Å². The number of thiophene rings is 1. The SMILES string of the molecule is Cl.O=C(N[C@H]1CCO[C@]2(CCNC2)C1)c1ccsc1. The molecule has 6 heteroatoms. The zero-order valence-corrected chi connectivity index (χ0v) is 12.3. The van der Waals surface area contributed by atoms with Crippen molar-refractivity contribution in [3.63, 3.8) is 0 Å². The fraction of sp³-hybridized carbons (Fsp3) is 0.615. The second kappa shape index (κ2) is 6.22. The molecule has 2 aliphatic heterocycles. The smallest absolute Gasteiger partial charge is 0.252 e. The molecule has 1 spiro atoms. The molecule has 0 aliphatic carbocycles. The van der Waals surface area contributed by atoms with Crippen molar-refractivity contribution in [1.82, 2.24) is 10.6 Å². The Labute approximate surface area is 123 Å². The largest absolute Gasteiger partial charge is 0.373 e. The topological polar surface area (TPSA) is 50.4 Å². The van der Waals surface area contributed by atoms with E-state index in [-0.39, 0.29) is 30.0 Å². The lowest BCUT2D eigenvalue weighted by molar-refractivity contribution is -0.0732. The van der Waals surface area contributed by atoms with Crippen molar-refractivity contribution in [3.05, 3.63) is 22.4 Å². The summed E-state index contributed by atoms with van der Waals surface area (Å²) in [7, 11) is 0. The third-order valence-electron chi connectivity index (χ3n) is 3.82. The van der Waals surface area contributed by atoms with E-state index in [0.29, 0.717) is 0 Å². The maximum atomic E-state index is 12.0. The van der Waals surface area contributed by atoms with Crippen LogP contribution in [0.15, 0.2) is 16.8 Å². The van der Waals surface area contributed by atoms with Gasteiger partial charge in [-0.05, 0) is 37.3 Å². The molecule has 0 radical (unpaired) electrons. The molecule has 3 heterocycles. The van der Waals surface area contributed by atoms with E-state index < -0.39 is 0 Å². The monoisotopic (exact) mass is 302 g/mol. The molecule has 2 N–H and O–H groups in total. The van der Waals surface area contributed by atoms with Gasteiger partial charge < -0.3 is 15.4 Å². The van der Waals surface area contributed by atoms with Crippen molar-refractivity contribution < 1.29 is 9.53 Å². The van der Waals surface area contributed by atoms with Crippen LogP contribution in [0, 0.1) is 0 Å². The zero-order valence-electron chi connectivity index (χ0n) is 10.7. The molecular weight excluding hydrogens is 284 g/mol. The maximum absolute atomic E-state index is 12.0. The molecule has 1 amide bonds. The minimum atomic E-state index is -0.0369. The zero-order chi connectivity index (χ0) is 12.4. The van der Waals surface area contributed by atoms with Gasteiger partial charge in [0.1, 0.15) is 0 Å². The first-order valence-corrected chi connectivity index (χ1v) is 7.39. The van der Waals surface area contributed by atoms with Gasteiger partial charge in [0.25, 0.3) is 5.91 Å². The lowest BCUT2D eigenvalue weighted by Crippen LogP contribution is -2.49. The number of amides is 1. The first-order chi connectivity index (χ1) is 8.77. The molecule has 2 saturated heterocycles. The highest BCUT2D eigenvalue weighted by Gasteiger charge is 2.40. The Morgan fingerprint density at radius 1 is 1.58 bits per heavy atom. The van der Waals surface area contributed by atoms with E-state index in [0.717, 1.165) is 44.5 Å². The first kappa shape index (κ1) is 14.8. The van der Waals surface area contributed by atoms with E-state index in [4.69, 9.17) is 4.74 Å². The Morgan fingerprint density at radius 3 is 3.16 bits per heavy atom. The normalized spacial score (nSPS) is 30.0. The van der Waals surface area contributed by atoms with Crippen LogP contribution in [0.3, 0.4) is 0 Å². The molecule has 1 aromatic heterocycles. The van der Waals surface area contributed by atoms with Gasteiger partial charge in [-0.3, -0.25) is 4.79 Å². The van der Waals surface area contributed by atoms with Crippen LogP contribution in [0.25, 0.3) is 0 Å². The Morgan fingerprint density at radius 2 is 2.47 bits per heavy atom. The van der Waals surface area contributed by atoms with Crippen LogP contribution in [0.5, 0.6) is 0 Å². The predicted octanol–water partition coefficient (Wildman–Crippen LogP) is 1.81. The van der Waals surface area contributed by atoms with Gasteiger partial charge in [-0.1, -0.05) is 0 Å². The highest BCUT2D eigenvalue weighted by molar-refractivity contribution is 7.08. The Kier molecular flexibility index (Phi) is 4.84. The van der Waals surface area contributed by atoms with Crippen molar-refractivity contribution in [2.24, 2.45) is 0 Å². The fourth-order valence-corrected chi connectivity index (χ4v) is 3.47. The van der Waals surface area contributed by atoms with Crippen molar-refractivity contribution >= 4 is 29.7 Å². The van der Waals surface area contributed by atoms with Crippen LogP contribution >= 0.6 is 23.7 Å². The predicted molar refractivity (Wildman–Crippen MR) is 78.2 cm³/mol. The van der Waals surface area contributed by atoms with Crippen molar-refractivity contribution in [1.29, 1.82) is 0 Å². The molecule has 3 rings (SSSR count). The van der Waals surface area contributed by atoms with E-state index in [2.05, 4.69) is 10.6 Å². The lowest BCUT2D eigenvalue weighted by atomic mass is 9.89. The van der Waals surface area contributed by atoms with Crippen molar-refractivity contribution in [2.75, 3.05) is 19.7 Å². The summed E-state index contributed by atoms with van der Waals surface area (Å²) in [6, 6.07) is 2.11. The summed E-state index contributed by atoms with van der Waals surface area (Å²) in [6.07, 6.45) is 2.89. The number of hydrogen-bond acceptors (Lipinski definition) is 4. The Balaban J connectivity index is 0.00000133. The molecule has 19 heavy (non-hydrogen) atoms. The van der Waals surface area contributed by atoms with Gasteiger partial charge in [0.2, 0.25) is 0 Å². The van der Waals surface area contributed by atoms with Gasteiger partial charge >= 0.3 is 0 Å². The minimum absolute atomic E-state index is 0. The standard InChI is InChI=1S/C13H18N2O2S.ClH/c16-12(10-2-6-18-8-10)15-11-1-5-17-13(7-11)3-4-14-9-13;/h2,6,8,11,14H,1,3-5,7,9H2,(H,15,16);1H/t11-,13+;/m0./s1. The van der Waals surface area contributed by atoms with Gasteiger partial charge in [-0.15, -0.1) is 12.4 Å². The summed E-state index contributed by atoms with van der Waals surface area (Å²) < 4.78 is 5.92. The molecule has 2 aliphatic rings. The first-order valence-electron chi connectivity index (χ1n) is 6.45. The number of halogens is 1. The van der Waals surface area contributed by atoms with Crippen molar-refractivity contribution in [3.8, 4) is 0 Å². The van der Waals surface area contributed by atoms with Gasteiger partial charge in [0.15, 0.2) is 0 Å². The third kappa shape index (κ3) is 3.28. The summed E-state index contributed by atoms with van der Waals surface area (Å²) in [5.41, 5.74) is 0.732. The van der Waals surface area contributed by atoms with E-state index in [9.17, 15) is 4.79 Å². The Bertz CT molecular complexity index is 418. The van der Waals surface area contributed by atoms with Crippen LogP contribution in [-0.2, 0) is 4.74 Å². The van der Waals surface area contributed by atoms with Crippen LogP contribution in [0.1, 0.15) is 29.6 Å². The molecular formula is C13H19ClN2O2S. The van der Waals surface area contributed by atoms with Crippen LogP contribution < -0.4 is 10.6 Å². The lowest BCUT2D eigenvalue weighted by Gasteiger charge is -2.37. The van der Waals surface area contributed by atoms with E-state index >= 15 is 0 Å². The average Bonchev–Trinajstić information content (AvgIpc) is 3.01. The van der Waals surface area contributed by atoms with Crippen LogP contribution in [0.4, 0.5) is 0 Å².